The van der Waals surface area contributed by atoms with Crippen molar-refractivity contribution in [2.45, 2.75) is 39.8 Å². The molecular weight excluding hydrogens is 236 g/mol. The zero-order valence-corrected chi connectivity index (χ0v) is 11.6. The summed E-state index contributed by atoms with van der Waals surface area (Å²) in [6.07, 6.45) is 0.826. The van der Waals surface area contributed by atoms with E-state index in [9.17, 15) is 0 Å². The van der Waals surface area contributed by atoms with E-state index in [1.807, 2.05) is 18.7 Å². The van der Waals surface area contributed by atoms with E-state index in [2.05, 4.69) is 29.9 Å². The third kappa shape index (κ3) is 3.21. The molecule has 0 spiro atoms. The summed E-state index contributed by atoms with van der Waals surface area (Å²) in [5.41, 5.74) is 1.90. The van der Waals surface area contributed by atoms with Crippen molar-refractivity contribution in [2.75, 3.05) is 6.54 Å². The van der Waals surface area contributed by atoms with Gasteiger partial charge in [0, 0.05) is 19.6 Å². The molecule has 1 heterocycles. The molecule has 5 heteroatoms. The molecule has 0 unspecified atom stereocenters. The quantitative estimate of drug-likeness (QED) is 0.758. The maximum atomic E-state index is 8.81. The van der Waals surface area contributed by atoms with Crippen molar-refractivity contribution < 1.29 is 0 Å². The van der Waals surface area contributed by atoms with Crippen LogP contribution in [0.3, 0.4) is 0 Å². The van der Waals surface area contributed by atoms with Crippen LogP contribution in [0.5, 0.6) is 0 Å². The number of hydrogen-bond acceptors (Lipinski definition) is 3. The summed E-state index contributed by atoms with van der Waals surface area (Å²) in [6.45, 7) is 7.24. The van der Waals surface area contributed by atoms with E-state index >= 15 is 0 Å². The number of halogens is 1. The second-order valence-corrected chi connectivity index (χ2v) is 4.72. The number of nitriles is 1. The van der Waals surface area contributed by atoms with Gasteiger partial charge in [-0.05, 0) is 20.3 Å². The van der Waals surface area contributed by atoms with E-state index in [4.69, 9.17) is 16.9 Å². The summed E-state index contributed by atoms with van der Waals surface area (Å²) in [5, 5.41) is 13.9. The Morgan fingerprint density at radius 3 is 2.59 bits per heavy atom. The average Bonchev–Trinajstić information content (AvgIpc) is 2.55. The minimum atomic E-state index is 0.311. The first-order chi connectivity index (χ1) is 8.01. The smallest absolute Gasteiger partial charge is 0.0871 e. The molecule has 0 aromatic carbocycles. The van der Waals surface area contributed by atoms with Crippen LogP contribution in [0.15, 0.2) is 0 Å². The van der Waals surface area contributed by atoms with Crippen molar-refractivity contribution in [3.63, 3.8) is 0 Å². The first kappa shape index (κ1) is 14.0. The highest BCUT2D eigenvalue weighted by atomic mass is 35.5. The lowest BCUT2D eigenvalue weighted by Crippen LogP contribution is -2.31. The number of aromatic nitrogens is 2. The zero-order valence-electron chi connectivity index (χ0n) is 10.9. The fourth-order valence-electron chi connectivity index (χ4n) is 1.70. The van der Waals surface area contributed by atoms with Gasteiger partial charge >= 0.3 is 0 Å². The van der Waals surface area contributed by atoms with Crippen LogP contribution in [0.25, 0.3) is 0 Å². The third-order valence-corrected chi connectivity index (χ3v) is 3.30. The van der Waals surface area contributed by atoms with Gasteiger partial charge in [-0.2, -0.15) is 10.4 Å². The Kier molecular flexibility index (Phi) is 4.98. The van der Waals surface area contributed by atoms with E-state index in [1.54, 1.807) is 0 Å². The van der Waals surface area contributed by atoms with Crippen LogP contribution in [0.4, 0.5) is 0 Å². The first-order valence-electron chi connectivity index (χ1n) is 5.82. The summed E-state index contributed by atoms with van der Waals surface area (Å²) in [4.78, 5) is 2.07. The Bertz CT molecular complexity index is 417. The van der Waals surface area contributed by atoms with Gasteiger partial charge in [0.2, 0.25) is 0 Å². The van der Waals surface area contributed by atoms with Gasteiger partial charge in [-0.1, -0.05) is 18.5 Å². The van der Waals surface area contributed by atoms with Crippen LogP contribution >= 0.6 is 11.6 Å². The molecule has 0 saturated carbocycles. The zero-order chi connectivity index (χ0) is 13.0. The molecule has 1 aromatic rings. The van der Waals surface area contributed by atoms with Gasteiger partial charge in [-0.15, -0.1) is 0 Å². The minimum absolute atomic E-state index is 0.311. The number of aryl methyl sites for hydroxylation is 2. The molecule has 94 valence electrons. The molecule has 4 nitrogen and oxygen atoms in total. The SMILES string of the molecule is CCc1nn(C)c(CN(CC#N)C(C)C)c1Cl. The lowest BCUT2D eigenvalue weighted by Gasteiger charge is -2.23. The molecule has 1 rings (SSSR count). The molecule has 0 fully saturated rings. The molecule has 0 aliphatic rings. The standard InChI is InChI=1S/C12H19ClN4/c1-5-10-12(13)11(16(4)15-10)8-17(7-6-14)9(2)3/h9H,5,7-8H2,1-4H3. The Hall–Kier alpha value is -1.05. The fraction of sp³-hybridized carbons (Fsp3) is 0.667. The topological polar surface area (TPSA) is 44.9 Å². The Balaban J connectivity index is 2.93. The monoisotopic (exact) mass is 254 g/mol. The average molecular weight is 255 g/mol. The molecule has 17 heavy (non-hydrogen) atoms. The molecule has 0 aliphatic heterocycles. The lowest BCUT2D eigenvalue weighted by molar-refractivity contribution is 0.234. The molecule has 0 radical (unpaired) electrons. The van der Waals surface area contributed by atoms with Crippen LogP contribution in [0, 0.1) is 11.3 Å². The second-order valence-electron chi connectivity index (χ2n) is 4.34. The molecule has 0 saturated heterocycles. The van der Waals surface area contributed by atoms with Gasteiger partial charge < -0.3 is 0 Å². The molecule has 0 atom stereocenters. The first-order valence-corrected chi connectivity index (χ1v) is 6.20. The Morgan fingerprint density at radius 1 is 1.53 bits per heavy atom. The Morgan fingerprint density at radius 2 is 2.18 bits per heavy atom. The number of hydrogen-bond donors (Lipinski definition) is 0. The molecule has 0 amide bonds. The van der Waals surface area contributed by atoms with Crippen molar-refractivity contribution in [1.82, 2.24) is 14.7 Å². The van der Waals surface area contributed by atoms with Gasteiger partial charge in [-0.25, -0.2) is 0 Å². The molecule has 1 aromatic heterocycles. The third-order valence-electron chi connectivity index (χ3n) is 2.86. The van der Waals surface area contributed by atoms with E-state index in [0.29, 0.717) is 19.1 Å². The summed E-state index contributed by atoms with van der Waals surface area (Å²) in [5.74, 6) is 0. The van der Waals surface area contributed by atoms with Crippen molar-refractivity contribution >= 4 is 11.6 Å². The van der Waals surface area contributed by atoms with Crippen molar-refractivity contribution in [3.05, 3.63) is 16.4 Å². The minimum Gasteiger partial charge on any atom is -0.282 e. The number of nitrogens with zero attached hydrogens (tertiary/aromatic N) is 4. The molecular formula is C12H19ClN4. The van der Waals surface area contributed by atoms with Crippen molar-refractivity contribution in [2.24, 2.45) is 7.05 Å². The largest absolute Gasteiger partial charge is 0.282 e. The van der Waals surface area contributed by atoms with E-state index < -0.39 is 0 Å². The summed E-state index contributed by atoms with van der Waals surface area (Å²) >= 11 is 6.29. The molecule has 0 N–H and O–H groups in total. The van der Waals surface area contributed by atoms with Gasteiger partial charge in [0.25, 0.3) is 0 Å². The molecule has 0 aliphatic carbocycles. The second kappa shape index (κ2) is 6.04. The highest BCUT2D eigenvalue weighted by Gasteiger charge is 2.17. The fourth-order valence-corrected chi connectivity index (χ4v) is 2.05. The highest BCUT2D eigenvalue weighted by Crippen LogP contribution is 2.22. The van der Waals surface area contributed by atoms with Crippen LogP contribution in [-0.4, -0.2) is 27.3 Å². The summed E-state index contributed by atoms with van der Waals surface area (Å²) < 4.78 is 1.81. The van der Waals surface area contributed by atoms with E-state index in [0.717, 1.165) is 22.8 Å². The summed E-state index contributed by atoms with van der Waals surface area (Å²) in [6, 6.07) is 2.49. The summed E-state index contributed by atoms with van der Waals surface area (Å²) in [7, 11) is 1.89. The van der Waals surface area contributed by atoms with Gasteiger partial charge in [0.15, 0.2) is 0 Å². The predicted octanol–water partition coefficient (Wildman–Crippen LogP) is 2.37. The van der Waals surface area contributed by atoms with E-state index in [1.165, 1.54) is 0 Å². The van der Waals surface area contributed by atoms with Gasteiger partial charge in [0.1, 0.15) is 0 Å². The maximum Gasteiger partial charge on any atom is 0.0871 e. The van der Waals surface area contributed by atoms with Crippen molar-refractivity contribution in [1.29, 1.82) is 5.26 Å². The highest BCUT2D eigenvalue weighted by molar-refractivity contribution is 6.31. The van der Waals surface area contributed by atoms with Gasteiger partial charge in [-0.3, -0.25) is 9.58 Å². The normalized spacial score (nSPS) is 11.2. The van der Waals surface area contributed by atoms with Crippen LogP contribution in [0.2, 0.25) is 5.02 Å². The lowest BCUT2D eigenvalue weighted by atomic mass is 10.2. The number of rotatable bonds is 5. The maximum absolute atomic E-state index is 8.81. The van der Waals surface area contributed by atoms with Crippen LogP contribution in [0.1, 0.15) is 32.2 Å². The molecule has 0 bridgehead atoms. The van der Waals surface area contributed by atoms with Crippen LogP contribution < -0.4 is 0 Å². The Labute approximate surface area is 108 Å². The van der Waals surface area contributed by atoms with E-state index in [-0.39, 0.29) is 0 Å². The van der Waals surface area contributed by atoms with Gasteiger partial charge in [0.05, 0.1) is 29.0 Å². The van der Waals surface area contributed by atoms with Crippen molar-refractivity contribution in [3.8, 4) is 6.07 Å². The van der Waals surface area contributed by atoms with Crippen LogP contribution in [-0.2, 0) is 20.0 Å². The predicted molar refractivity (Wildman–Crippen MR) is 68.8 cm³/mol.